The number of fused-ring (bicyclic) bond motifs is 1. The molecule has 5 nitrogen and oxygen atoms in total. The first kappa shape index (κ1) is 8.58. The quantitative estimate of drug-likeness (QED) is 0.625. The molecular weight excluding hydrogens is 190 g/mol. The highest BCUT2D eigenvalue weighted by atomic mass is 32.2. The molecule has 0 saturated carbocycles. The number of nitrogens with zero attached hydrogens (tertiary/aromatic N) is 3. The number of hydrogen-bond acceptors (Lipinski definition) is 4. The van der Waals surface area contributed by atoms with Crippen LogP contribution in [0.3, 0.4) is 0 Å². The third-order valence-corrected chi connectivity index (χ3v) is 3.22. The molecule has 70 valence electrons. The summed E-state index contributed by atoms with van der Waals surface area (Å²) in [5, 5.41) is 0. The average Bonchev–Trinajstić information content (AvgIpc) is 2.45. The Hall–Kier alpha value is -1.01. The SMILES string of the molecule is CS(=O)(=O)N1Cc2cncnc2C1. The number of rotatable bonds is 1. The van der Waals surface area contributed by atoms with Gasteiger partial charge in [0.15, 0.2) is 0 Å². The van der Waals surface area contributed by atoms with Gasteiger partial charge in [-0.2, -0.15) is 4.31 Å². The lowest BCUT2D eigenvalue weighted by molar-refractivity contribution is 0.434. The van der Waals surface area contributed by atoms with Crippen molar-refractivity contribution in [3.05, 3.63) is 23.8 Å². The summed E-state index contributed by atoms with van der Waals surface area (Å²) in [6.45, 7) is 0.770. The summed E-state index contributed by atoms with van der Waals surface area (Å²) in [6.07, 6.45) is 4.30. The molecule has 2 heterocycles. The van der Waals surface area contributed by atoms with Crippen LogP contribution in [0.1, 0.15) is 11.3 Å². The standard InChI is InChI=1S/C7H9N3O2S/c1-13(11,12)10-3-6-2-8-5-9-7(6)4-10/h2,5H,3-4H2,1H3. The molecule has 0 unspecified atom stereocenters. The Morgan fingerprint density at radius 1 is 1.46 bits per heavy atom. The maximum absolute atomic E-state index is 11.2. The Bertz CT molecular complexity index is 404. The zero-order valence-corrected chi connectivity index (χ0v) is 7.95. The molecule has 0 atom stereocenters. The molecule has 13 heavy (non-hydrogen) atoms. The van der Waals surface area contributed by atoms with Crippen LogP contribution in [0.5, 0.6) is 0 Å². The van der Waals surface area contributed by atoms with Crippen molar-refractivity contribution in [2.75, 3.05) is 6.26 Å². The van der Waals surface area contributed by atoms with E-state index in [-0.39, 0.29) is 0 Å². The minimum absolute atomic E-state index is 0.372. The molecule has 0 fully saturated rings. The Kier molecular flexibility index (Phi) is 1.81. The van der Waals surface area contributed by atoms with E-state index in [1.807, 2.05) is 0 Å². The van der Waals surface area contributed by atoms with Crippen LogP contribution in [0.2, 0.25) is 0 Å². The van der Waals surface area contributed by atoms with E-state index in [9.17, 15) is 8.42 Å². The van der Waals surface area contributed by atoms with Gasteiger partial charge < -0.3 is 0 Å². The first-order chi connectivity index (χ1) is 6.07. The van der Waals surface area contributed by atoms with E-state index in [4.69, 9.17) is 0 Å². The maximum Gasteiger partial charge on any atom is 0.211 e. The lowest BCUT2D eigenvalue weighted by Gasteiger charge is -2.09. The fraction of sp³-hybridized carbons (Fsp3) is 0.429. The molecular formula is C7H9N3O2S. The topological polar surface area (TPSA) is 63.2 Å². The van der Waals surface area contributed by atoms with Crippen LogP contribution in [-0.2, 0) is 23.1 Å². The van der Waals surface area contributed by atoms with Gasteiger partial charge in [-0.25, -0.2) is 18.4 Å². The lowest BCUT2D eigenvalue weighted by Crippen LogP contribution is -2.23. The first-order valence-corrected chi connectivity index (χ1v) is 5.65. The van der Waals surface area contributed by atoms with Crippen molar-refractivity contribution in [3.63, 3.8) is 0 Å². The van der Waals surface area contributed by atoms with Crippen molar-refractivity contribution in [1.82, 2.24) is 14.3 Å². The second kappa shape index (κ2) is 2.74. The Morgan fingerprint density at radius 3 is 2.85 bits per heavy atom. The molecule has 6 heteroatoms. The van der Waals surface area contributed by atoms with Gasteiger partial charge in [-0.3, -0.25) is 0 Å². The summed E-state index contributed by atoms with van der Waals surface area (Å²) >= 11 is 0. The maximum atomic E-state index is 11.2. The van der Waals surface area contributed by atoms with E-state index in [0.717, 1.165) is 11.3 Å². The zero-order chi connectivity index (χ0) is 9.47. The van der Waals surface area contributed by atoms with Crippen LogP contribution in [-0.4, -0.2) is 28.9 Å². The van der Waals surface area contributed by atoms with Crippen molar-refractivity contribution in [2.45, 2.75) is 13.1 Å². The minimum Gasteiger partial charge on any atom is -0.244 e. The van der Waals surface area contributed by atoms with Gasteiger partial charge in [0.1, 0.15) is 6.33 Å². The average molecular weight is 199 g/mol. The normalized spacial score (nSPS) is 17.3. The predicted molar refractivity (Wildman–Crippen MR) is 46.1 cm³/mol. The van der Waals surface area contributed by atoms with Crippen molar-refractivity contribution in [3.8, 4) is 0 Å². The number of sulfonamides is 1. The molecule has 2 rings (SSSR count). The lowest BCUT2D eigenvalue weighted by atomic mass is 10.3. The number of aromatic nitrogens is 2. The van der Waals surface area contributed by atoms with Crippen molar-refractivity contribution < 1.29 is 8.42 Å². The third kappa shape index (κ3) is 1.54. The summed E-state index contributed by atoms with van der Waals surface area (Å²) < 4.78 is 23.7. The van der Waals surface area contributed by atoms with E-state index in [0.29, 0.717) is 13.1 Å². The molecule has 1 aromatic heterocycles. The highest BCUT2D eigenvalue weighted by Crippen LogP contribution is 2.21. The van der Waals surface area contributed by atoms with Gasteiger partial charge in [0.25, 0.3) is 0 Å². The van der Waals surface area contributed by atoms with Crippen LogP contribution in [0.4, 0.5) is 0 Å². The van der Waals surface area contributed by atoms with E-state index in [2.05, 4.69) is 9.97 Å². The molecule has 0 radical (unpaired) electrons. The van der Waals surface area contributed by atoms with Gasteiger partial charge in [-0.1, -0.05) is 0 Å². The molecule has 1 aliphatic rings. The van der Waals surface area contributed by atoms with E-state index < -0.39 is 10.0 Å². The van der Waals surface area contributed by atoms with Crippen LogP contribution < -0.4 is 0 Å². The molecule has 0 bridgehead atoms. The molecule has 0 spiro atoms. The molecule has 0 amide bonds. The second-order valence-electron chi connectivity index (χ2n) is 3.03. The molecule has 0 N–H and O–H groups in total. The van der Waals surface area contributed by atoms with Crippen molar-refractivity contribution in [2.24, 2.45) is 0 Å². The van der Waals surface area contributed by atoms with Gasteiger partial charge in [-0.15, -0.1) is 0 Å². The van der Waals surface area contributed by atoms with Crippen molar-refractivity contribution in [1.29, 1.82) is 0 Å². The Balaban J connectivity index is 2.33. The monoisotopic (exact) mass is 199 g/mol. The summed E-state index contributed by atoms with van der Waals surface area (Å²) in [5.41, 5.74) is 1.70. The van der Waals surface area contributed by atoms with Crippen LogP contribution >= 0.6 is 0 Å². The number of hydrogen-bond donors (Lipinski definition) is 0. The van der Waals surface area contributed by atoms with Crippen molar-refractivity contribution >= 4 is 10.0 Å². The fourth-order valence-corrected chi connectivity index (χ4v) is 2.04. The predicted octanol–water partition coefficient (Wildman–Crippen LogP) is -0.248. The van der Waals surface area contributed by atoms with Gasteiger partial charge >= 0.3 is 0 Å². The van der Waals surface area contributed by atoms with Crippen LogP contribution in [0.25, 0.3) is 0 Å². The summed E-state index contributed by atoms with van der Waals surface area (Å²) in [6, 6.07) is 0. The van der Waals surface area contributed by atoms with Gasteiger partial charge in [0, 0.05) is 18.3 Å². The van der Waals surface area contributed by atoms with Crippen LogP contribution in [0, 0.1) is 0 Å². The fourth-order valence-electron chi connectivity index (χ4n) is 1.31. The third-order valence-electron chi connectivity index (χ3n) is 2.02. The Morgan fingerprint density at radius 2 is 2.23 bits per heavy atom. The first-order valence-electron chi connectivity index (χ1n) is 3.80. The Labute approximate surface area is 76.5 Å². The minimum atomic E-state index is -3.10. The summed E-state index contributed by atoms with van der Waals surface area (Å²) in [7, 11) is -3.10. The molecule has 1 aliphatic heterocycles. The highest BCUT2D eigenvalue weighted by Gasteiger charge is 2.26. The van der Waals surface area contributed by atoms with Gasteiger partial charge in [0.05, 0.1) is 18.5 Å². The highest BCUT2D eigenvalue weighted by molar-refractivity contribution is 7.88. The molecule has 0 aromatic carbocycles. The van der Waals surface area contributed by atoms with E-state index >= 15 is 0 Å². The summed E-state index contributed by atoms with van der Waals surface area (Å²) in [4.78, 5) is 7.85. The smallest absolute Gasteiger partial charge is 0.211 e. The molecule has 1 aromatic rings. The largest absolute Gasteiger partial charge is 0.244 e. The van der Waals surface area contributed by atoms with Crippen LogP contribution in [0.15, 0.2) is 12.5 Å². The van der Waals surface area contributed by atoms with E-state index in [1.54, 1.807) is 6.20 Å². The zero-order valence-electron chi connectivity index (χ0n) is 7.14. The van der Waals surface area contributed by atoms with E-state index in [1.165, 1.54) is 16.9 Å². The summed E-state index contributed by atoms with van der Waals surface area (Å²) in [5.74, 6) is 0. The second-order valence-corrected chi connectivity index (χ2v) is 5.01. The van der Waals surface area contributed by atoms with Gasteiger partial charge in [-0.05, 0) is 0 Å². The van der Waals surface area contributed by atoms with Gasteiger partial charge in [0.2, 0.25) is 10.0 Å². The molecule has 0 aliphatic carbocycles. The molecule has 0 saturated heterocycles.